The van der Waals surface area contributed by atoms with Gasteiger partial charge in [0.2, 0.25) is 5.91 Å². The Kier molecular flexibility index (Phi) is 6.34. The molecule has 0 aromatic heterocycles. The summed E-state index contributed by atoms with van der Waals surface area (Å²) >= 11 is 0. The highest BCUT2D eigenvalue weighted by atomic mass is 16.5. The van der Waals surface area contributed by atoms with Gasteiger partial charge in [-0.2, -0.15) is 0 Å². The lowest BCUT2D eigenvalue weighted by molar-refractivity contribution is -0.126. The molecule has 1 aliphatic rings. The number of likely N-dealkylation sites (tertiary alicyclic amines) is 1. The van der Waals surface area contributed by atoms with E-state index in [0.29, 0.717) is 25.2 Å². The van der Waals surface area contributed by atoms with Crippen LogP contribution in [0.1, 0.15) is 39.9 Å². The normalized spacial score (nSPS) is 16.5. The molecule has 28 heavy (non-hydrogen) atoms. The standard InChI is InChI=1S/C23H28N2O3/c1-16-11-17(2)13-20(12-16)23(27)25-10-6-8-19(15-25)22(26)24-14-18-7-4-5-9-21(18)28-3/h4-5,7,9,11-13,19H,6,8,10,14-15H2,1-3H3,(H,24,26). The Morgan fingerprint density at radius 3 is 2.57 bits per heavy atom. The minimum atomic E-state index is -0.182. The monoisotopic (exact) mass is 380 g/mol. The summed E-state index contributed by atoms with van der Waals surface area (Å²) in [5.41, 5.74) is 3.79. The first kappa shape index (κ1) is 19.9. The van der Waals surface area contributed by atoms with Gasteiger partial charge in [0.1, 0.15) is 5.75 Å². The lowest BCUT2D eigenvalue weighted by Crippen LogP contribution is -2.45. The van der Waals surface area contributed by atoms with Crippen molar-refractivity contribution in [2.45, 2.75) is 33.2 Å². The van der Waals surface area contributed by atoms with Gasteiger partial charge in [-0.05, 0) is 44.9 Å². The second-order valence-corrected chi connectivity index (χ2v) is 7.50. The summed E-state index contributed by atoms with van der Waals surface area (Å²) < 4.78 is 5.34. The molecule has 3 rings (SSSR count). The fourth-order valence-corrected chi connectivity index (χ4v) is 3.83. The van der Waals surface area contributed by atoms with Crippen LogP contribution in [0.2, 0.25) is 0 Å². The number of rotatable bonds is 5. The van der Waals surface area contributed by atoms with Crippen LogP contribution < -0.4 is 10.1 Å². The molecule has 1 heterocycles. The van der Waals surface area contributed by atoms with Crippen LogP contribution in [-0.4, -0.2) is 36.9 Å². The van der Waals surface area contributed by atoms with Crippen molar-refractivity contribution in [3.63, 3.8) is 0 Å². The van der Waals surface area contributed by atoms with Crippen LogP contribution in [0.4, 0.5) is 0 Å². The first-order valence-electron chi connectivity index (χ1n) is 9.75. The van der Waals surface area contributed by atoms with E-state index < -0.39 is 0 Å². The number of nitrogens with one attached hydrogen (secondary N) is 1. The van der Waals surface area contributed by atoms with Crippen molar-refractivity contribution >= 4 is 11.8 Å². The van der Waals surface area contributed by atoms with Crippen molar-refractivity contribution in [2.75, 3.05) is 20.2 Å². The minimum Gasteiger partial charge on any atom is -0.496 e. The first-order chi connectivity index (χ1) is 13.5. The molecule has 2 amide bonds. The molecule has 5 heteroatoms. The molecule has 1 fully saturated rings. The molecule has 1 aliphatic heterocycles. The maximum Gasteiger partial charge on any atom is 0.253 e. The van der Waals surface area contributed by atoms with Gasteiger partial charge >= 0.3 is 0 Å². The fraction of sp³-hybridized carbons (Fsp3) is 0.391. The Morgan fingerprint density at radius 1 is 1.14 bits per heavy atom. The maximum absolute atomic E-state index is 12.9. The maximum atomic E-state index is 12.9. The lowest BCUT2D eigenvalue weighted by Gasteiger charge is -2.32. The molecule has 2 aromatic carbocycles. The first-order valence-corrected chi connectivity index (χ1v) is 9.75. The molecule has 5 nitrogen and oxygen atoms in total. The number of piperidine rings is 1. The third-order valence-corrected chi connectivity index (χ3v) is 5.19. The van der Waals surface area contributed by atoms with Crippen molar-refractivity contribution in [2.24, 2.45) is 5.92 Å². The van der Waals surface area contributed by atoms with E-state index in [1.807, 2.05) is 55.1 Å². The number of methoxy groups -OCH3 is 1. The van der Waals surface area contributed by atoms with E-state index in [1.165, 1.54) is 0 Å². The number of hydrogen-bond donors (Lipinski definition) is 1. The second-order valence-electron chi connectivity index (χ2n) is 7.50. The Bertz CT molecular complexity index is 842. The van der Waals surface area contributed by atoms with E-state index in [4.69, 9.17) is 4.74 Å². The van der Waals surface area contributed by atoms with Crippen LogP contribution >= 0.6 is 0 Å². The quantitative estimate of drug-likeness (QED) is 0.864. The molecule has 0 aliphatic carbocycles. The van der Waals surface area contributed by atoms with Gasteiger partial charge in [-0.25, -0.2) is 0 Å². The lowest BCUT2D eigenvalue weighted by atomic mass is 9.96. The van der Waals surface area contributed by atoms with Crippen molar-refractivity contribution in [1.29, 1.82) is 0 Å². The highest BCUT2D eigenvalue weighted by Gasteiger charge is 2.29. The molecule has 1 unspecified atom stereocenters. The highest BCUT2D eigenvalue weighted by Crippen LogP contribution is 2.21. The molecule has 1 saturated heterocycles. The Morgan fingerprint density at radius 2 is 1.86 bits per heavy atom. The van der Waals surface area contributed by atoms with Crippen LogP contribution in [0, 0.1) is 19.8 Å². The van der Waals surface area contributed by atoms with Crippen LogP contribution in [0.25, 0.3) is 0 Å². The summed E-state index contributed by atoms with van der Waals surface area (Å²) in [4.78, 5) is 27.4. The number of aryl methyl sites for hydroxylation is 2. The summed E-state index contributed by atoms with van der Waals surface area (Å²) in [5.74, 6) is 0.578. The third-order valence-electron chi connectivity index (χ3n) is 5.19. The number of nitrogens with zero attached hydrogens (tertiary/aromatic N) is 1. The van der Waals surface area contributed by atoms with Gasteiger partial charge in [0.05, 0.1) is 13.0 Å². The zero-order valence-corrected chi connectivity index (χ0v) is 16.8. The summed E-state index contributed by atoms with van der Waals surface area (Å²) in [6, 6.07) is 13.5. The highest BCUT2D eigenvalue weighted by molar-refractivity contribution is 5.95. The SMILES string of the molecule is COc1ccccc1CNC(=O)C1CCCN(C(=O)c2cc(C)cc(C)c2)C1. The van der Waals surface area contributed by atoms with Gasteiger partial charge in [-0.1, -0.05) is 35.4 Å². The predicted molar refractivity (Wildman–Crippen MR) is 109 cm³/mol. The largest absolute Gasteiger partial charge is 0.496 e. The summed E-state index contributed by atoms with van der Waals surface area (Å²) in [5, 5.41) is 3.00. The predicted octanol–water partition coefficient (Wildman–Crippen LogP) is 3.48. The Labute approximate surface area is 166 Å². The molecular weight excluding hydrogens is 352 g/mol. The van der Waals surface area contributed by atoms with Crippen LogP contribution in [-0.2, 0) is 11.3 Å². The molecule has 2 aromatic rings. The van der Waals surface area contributed by atoms with Gasteiger partial charge in [-0.3, -0.25) is 9.59 Å². The smallest absolute Gasteiger partial charge is 0.253 e. The number of hydrogen-bond acceptors (Lipinski definition) is 3. The molecule has 1 N–H and O–H groups in total. The molecule has 148 valence electrons. The third kappa shape index (κ3) is 4.71. The summed E-state index contributed by atoms with van der Waals surface area (Å²) in [7, 11) is 1.62. The van der Waals surface area contributed by atoms with Crippen molar-refractivity contribution < 1.29 is 14.3 Å². The molecule has 0 radical (unpaired) electrons. The topological polar surface area (TPSA) is 58.6 Å². The summed E-state index contributed by atoms with van der Waals surface area (Å²) in [6.07, 6.45) is 1.64. The van der Waals surface area contributed by atoms with Crippen LogP contribution in [0.5, 0.6) is 5.75 Å². The van der Waals surface area contributed by atoms with Crippen molar-refractivity contribution in [1.82, 2.24) is 10.2 Å². The molecule has 0 spiro atoms. The molecule has 0 bridgehead atoms. The minimum absolute atomic E-state index is 0.00836. The van der Waals surface area contributed by atoms with E-state index in [2.05, 4.69) is 11.4 Å². The van der Waals surface area contributed by atoms with E-state index in [-0.39, 0.29) is 17.7 Å². The number of carbonyl (C=O) groups is 2. The van der Waals surface area contributed by atoms with Crippen molar-refractivity contribution in [3.8, 4) is 5.75 Å². The zero-order valence-electron chi connectivity index (χ0n) is 16.8. The van der Waals surface area contributed by atoms with Gasteiger partial charge in [-0.15, -0.1) is 0 Å². The van der Waals surface area contributed by atoms with E-state index >= 15 is 0 Å². The molecule has 0 saturated carbocycles. The number of carbonyl (C=O) groups excluding carboxylic acids is 2. The number of benzene rings is 2. The second kappa shape index (κ2) is 8.91. The zero-order chi connectivity index (χ0) is 20.1. The Hall–Kier alpha value is -2.82. The fourth-order valence-electron chi connectivity index (χ4n) is 3.83. The summed E-state index contributed by atoms with van der Waals surface area (Å²) in [6.45, 7) is 5.57. The number of ether oxygens (including phenoxy) is 1. The number of para-hydroxylation sites is 1. The molecular formula is C23H28N2O3. The van der Waals surface area contributed by atoms with E-state index in [9.17, 15) is 9.59 Å². The van der Waals surface area contributed by atoms with Gasteiger partial charge in [0.25, 0.3) is 5.91 Å². The van der Waals surface area contributed by atoms with Gasteiger partial charge < -0.3 is 15.0 Å². The van der Waals surface area contributed by atoms with Gasteiger partial charge in [0.15, 0.2) is 0 Å². The molecule has 1 atom stereocenters. The van der Waals surface area contributed by atoms with E-state index in [0.717, 1.165) is 35.3 Å². The van der Waals surface area contributed by atoms with Crippen LogP contribution in [0.15, 0.2) is 42.5 Å². The average Bonchev–Trinajstić information content (AvgIpc) is 2.71. The van der Waals surface area contributed by atoms with Crippen LogP contribution in [0.3, 0.4) is 0 Å². The number of amides is 2. The average molecular weight is 380 g/mol. The van der Waals surface area contributed by atoms with Crippen molar-refractivity contribution in [3.05, 3.63) is 64.7 Å². The Balaban J connectivity index is 1.62. The van der Waals surface area contributed by atoms with Gasteiger partial charge in [0, 0.05) is 30.8 Å². The van der Waals surface area contributed by atoms with E-state index in [1.54, 1.807) is 7.11 Å².